The normalized spacial score (nSPS) is 16.6. The third-order valence-electron chi connectivity index (χ3n) is 5.51. The number of carbonyl (C=O) groups excluding carboxylic acids is 1. The predicted molar refractivity (Wildman–Crippen MR) is 123 cm³/mol. The van der Waals surface area contributed by atoms with Gasteiger partial charge >= 0.3 is 0 Å². The second-order valence-electron chi connectivity index (χ2n) is 7.79. The van der Waals surface area contributed by atoms with Crippen molar-refractivity contribution in [3.05, 3.63) is 64.7 Å². The van der Waals surface area contributed by atoms with Crippen molar-refractivity contribution >= 4 is 27.5 Å². The molecule has 0 saturated carbocycles. The van der Waals surface area contributed by atoms with Gasteiger partial charge < -0.3 is 10.1 Å². The van der Waals surface area contributed by atoms with Gasteiger partial charge in [0.05, 0.1) is 18.4 Å². The van der Waals surface area contributed by atoms with Crippen LogP contribution in [0.3, 0.4) is 0 Å². The van der Waals surface area contributed by atoms with Crippen molar-refractivity contribution < 1.29 is 17.9 Å². The van der Waals surface area contributed by atoms with Gasteiger partial charge in [-0.15, -0.1) is 0 Å². The van der Waals surface area contributed by atoms with Gasteiger partial charge in [0.2, 0.25) is 15.9 Å². The first-order chi connectivity index (χ1) is 14.8. The number of halogens is 1. The molecule has 1 N–H and O–H groups in total. The molecule has 168 valence electrons. The lowest BCUT2D eigenvalue weighted by molar-refractivity contribution is -0.126. The molecule has 31 heavy (non-hydrogen) atoms. The third-order valence-corrected chi connectivity index (χ3v) is 7.59. The van der Waals surface area contributed by atoms with Crippen LogP contribution in [0.1, 0.15) is 43.9 Å². The number of sulfonamides is 1. The number of hydrogen-bond acceptors (Lipinski definition) is 4. The van der Waals surface area contributed by atoms with E-state index in [1.807, 2.05) is 38.1 Å². The highest BCUT2D eigenvalue weighted by Gasteiger charge is 2.31. The number of nitrogens with one attached hydrogen (secondary N) is 1. The number of rotatable bonds is 8. The molecule has 1 aliphatic rings. The smallest absolute Gasteiger partial charge is 0.223 e. The lowest BCUT2D eigenvalue weighted by atomic mass is 9.96. The van der Waals surface area contributed by atoms with Gasteiger partial charge in [0.1, 0.15) is 5.75 Å². The Morgan fingerprint density at radius 3 is 2.48 bits per heavy atom. The molecule has 3 rings (SSSR count). The zero-order valence-electron chi connectivity index (χ0n) is 17.9. The van der Waals surface area contributed by atoms with Crippen molar-refractivity contribution in [2.45, 2.75) is 38.5 Å². The molecular weight excluding hydrogens is 436 g/mol. The lowest BCUT2D eigenvalue weighted by Gasteiger charge is -2.31. The van der Waals surface area contributed by atoms with Gasteiger partial charge in [0.25, 0.3) is 0 Å². The van der Waals surface area contributed by atoms with Gasteiger partial charge in [-0.1, -0.05) is 35.9 Å². The standard InChI is InChI=1S/C23H29ClN2O4S/c1-3-30-22-9-7-19(8-10-22)17(2)25-23(27)20-11-13-26(14-12-20)31(28,29)16-18-5-4-6-21(24)15-18/h4-10,15,17,20H,3,11-14,16H2,1-2H3,(H,25,27)/t17-/m1/s1. The van der Waals surface area contributed by atoms with Crippen LogP contribution in [-0.4, -0.2) is 38.3 Å². The highest BCUT2D eigenvalue weighted by molar-refractivity contribution is 7.88. The maximum atomic E-state index is 12.8. The van der Waals surface area contributed by atoms with E-state index in [-0.39, 0.29) is 23.6 Å². The molecule has 2 aromatic carbocycles. The maximum Gasteiger partial charge on any atom is 0.223 e. The van der Waals surface area contributed by atoms with Gasteiger partial charge in [-0.25, -0.2) is 12.7 Å². The zero-order valence-corrected chi connectivity index (χ0v) is 19.5. The topological polar surface area (TPSA) is 75.7 Å². The van der Waals surface area contributed by atoms with E-state index < -0.39 is 10.0 Å². The summed E-state index contributed by atoms with van der Waals surface area (Å²) in [5.41, 5.74) is 1.66. The Morgan fingerprint density at radius 2 is 1.87 bits per heavy atom. The summed E-state index contributed by atoms with van der Waals surface area (Å²) in [4.78, 5) is 12.7. The molecule has 0 aliphatic carbocycles. The molecule has 0 radical (unpaired) electrons. The zero-order chi connectivity index (χ0) is 22.4. The minimum Gasteiger partial charge on any atom is -0.494 e. The summed E-state index contributed by atoms with van der Waals surface area (Å²) in [6.45, 7) is 5.18. The van der Waals surface area contributed by atoms with Crippen LogP contribution in [0, 0.1) is 5.92 Å². The minimum atomic E-state index is -3.45. The molecule has 0 spiro atoms. The first-order valence-corrected chi connectivity index (χ1v) is 12.5. The fourth-order valence-electron chi connectivity index (χ4n) is 3.76. The van der Waals surface area contributed by atoms with Crippen molar-refractivity contribution in [3.8, 4) is 5.75 Å². The van der Waals surface area contributed by atoms with E-state index in [1.54, 1.807) is 24.3 Å². The first-order valence-electron chi connectivity index (χ1n) is 10.5. The van der Waals surface area contributed by atoms with Crippen LogP contribution < -0.4 is 10.1 Å². The van der Waals surface area contributed by atoms with Crippen LogP contribution in [0.5, 0.6) is 5.75 Å². The van der Waals surface area contributed by atoms with E-state index >= 15 is 0 Å². The molecule has 1 aliphatic heterocycles. The second-order valence-corrected chi connectivity index (χ2v) is 10.2. The van der Waals surface area contributed by atoms with Gasteiger partial charge in [0, 0.05) is 24.0 Å². The van der Waals surface area contributed by atoms with E-state index in [2.05, 4.69) is 5.32 Å². The lowest BCUT2D eigenvalue weighted by Crippen LogP contribution is -2.43. The van der Waals surface area contributed by atoms with Gasteiger partial charge in [-0.3, -0.25) is 4.79 Å². The largest absolute Gasteiger partial charge is 0.494 e. The summed E-state index contributed by atoms with van der Waals surface area (Å²) >= 11 is 5.96. The van der Waals surface area contributed by atoms with Crippen molar-refractivity contribution in [3.63, 3.8) is 0 Å². The quantitative estimate of drug-likeness (QED) is 0.636. The predicted octanol–water partition coefficient (Wildman–Crippen LogP) is 4.16. The molecule has 1 heterocycles. The molecule has 6 nitrogen and oxygen atoms in total. The number of amides is 1. The molecule has 0 unspecified atom stereocenters. The molecule has 1 fully saturated rings. The Balaban J connectivity index is 1.52. The van der Waals surface area contributed by atoms with Crippen LogP contribution in [0.25, 0.3) is 0 Å². The average Bonchev–Trinajstić information content (AvgIpc) is 2.74. The number of hydrogen-bond donors (Lipinski definition) is 1. The molecule has 2 aromatic rings. The Kier molecular flexibility index (Phi) is 7.97. The molecule has 8 heteroatoms. The van der Waals surface area contributed by atoms with Gasteiger partial charge in [-0.2, -0.15) is 0 Å². The summed E-state index contributed by atoms with van der Waals surface area (Å²) in [5.74, 6) is 0.492. The number of nitrogens with zero attached hydrogens (tertiary/aromatic N) is 1. The SMILES string of the molecule is CCOc1ccc([C@@H](C)NC(=O)C2CCN(S(=O)(=O)Cc3cccc(Cl)c3)CC2)cc1. The summed E-state index contributed by atoms with van der Waals surface area (Å²) in [6.07, 6.45) is 1.02. The van der Waals surface area contributed by atoms with Crippen LogP contribution in [0.4, 0.5) is 0 Å². The van der Waals surface area contributed by atoms with E-state index in [0.717, 1.165) is 11.3 Å². The monoisotopic (exact) mass is 464 g/mol. The van der Waals surface area contributed by atoms with Crippen LogP contribution in [0.2, 0.25) is 5.02 Å². The average molecular weight is 465 g/mol. The van der Waals surface area contributed by atoms with Crippen LogP contribution >= 0.6 is 11.6 Å². The number of ether oxygens (including phenoxy) is 1. The third kappa shape index (κ3) is 6.45. The van der Waals surface area contributed by atoms with Crippen molar-refractivity contribution in [1.82, 2.24) is 9.62 Å². The first kappa shape index (κ1) is 23.6. The summed E-state index contributed by atoms with van der Waals surface area (Å²) in [6, 6.07) is 14.4. The van der Waals surface area contributed by atoms with E-state index in [9.17, 15) is 13.2 Å². The van der Waals surface area contributed by atoms with Crippen molar-refractivity contribution in [2.75, 3.05) is 19.7 Å². The Labute approximate surface area is 189 Å². The fraction of sp³-hybridized carbons (Fsp3) is 0.435. The van der Waals surface area contributed by atoms with E-state index in [0.29, 0.717) is 43.1 Å². The summed E-state index contributed by atoms with van der Waals surface area (Å²) < 4.78 is 32.4. The van der Waals surface area contributed by atoms with E-state index in [4.69, 9.17) is 16.3 Å². The molecule has 0 bridgehead atoms. The summed E-state index contributed by atoms with van der Waals surface area (Å²) in [7, 11) is -3.45. The Morgan fingerprint density at radius 1 is 1.19 bits per heavy atom. The highest BCUT2D eigenvalue weighted by atomic mass is 35.5. The maximum absolute atomic E-state index is 12.8. The Bertz CT molecular complexity index is 987. The van der Waals surface area contributed by atoms with E-state index in [1.165, 1.54) is 4.31 Å². The molecule has 0 aromatic heterocycles. The minimum absolute atomic E-state index is 0.0340. The second kappa shape index (κ2) is 10.5. The van der Waals surface area contributed by atoms with Gasteiger partial charge in [-0.05, 0) is 62.1 Å². The molecular formula is C23H29ClN2O4S. The van der Waals surface area contributed by atoms with Gasteiger partial charge in [0.15, 0.2) is 0 Å². The number of carbonyl (C=O) groups is 1. The van der Waals surface area contributed by atoms with Crippen LogP contribution in [-0.2, 0) is 20.6 Å². The van der Waals surface area contributed by atoms with Crippen LogP contribution in [0.15, 0.2) is 48.5 Å². The highest BCUT2D eigenvalue weighted by Crippen LogP contribution is 2.24. The molecule has 1 atom stereocenters. The number of piperidine rings is 1. The van der Waals surface area contributed by atoms with Crippen molar-refractivity contribution in [2.24, 2.45) is 5.92 Å². The molecule has 1 amide bonds. The fourth-order valence-corrected chi connectivity index (χ4v) is 5.52. The number of benzene rings is 2. The molecule has 1 saturated heterocycles. The summed E-state index contributed by atoms with van der Waals surface area (Å²) in [5, 5.41) is 3.57. The Hall–Kier alpha value is -2.09. The van der Waals surface area contributed by atoms with Crippen molar-refractivity contribution in [1.29, 1.82) is 0 Å².